The van der Waals surface area contributed by atoms with E-state index in [0.29, 0.717) is 0 Å². The average molecular weight is 263 g/mol. The summed E-state index contributed by atoms with van der Waals surface area (Å²) < 4.78 is 11.6. The molecule has 0 bridgehead atoms. The first-order valence-corrected chi connectivity index (χ1v) is 7.26. The van der Waals surface area contributed by atoms with Crippen molar-refractivity contribution in [2.24, 2.45) is 5.92 Å². The number of rotatable bonds is 7. The van der Waals surface area contributed by atoms with Crippen molar-refractivity contribution < 1.29 is 9.47 Å². The van der Waals surface area contributed by atoms with Gasteiger partial charge in [0.1, 0.15) is 0 Å². The highest BCUT2D eigenvalue weighted by molar-refractivity contribution is 5.55. The van der Waals surface area contributed by atoms with E-state index in [2.05, 4.69) is 11.4 Å². The molecule has 1 fully saturated rings. The summed E-state index contributed by atoms with van der Waals surface area (Å²) in [6.07, 6.45) is 3.02. The largest absolute Gasteiger partial charge is 0.487 e. The number of hydrogen-bond acceptors (Lipinski definition) is 3. The van der Waals surface area contributed by atoms with Crippen LogP contribution in [0.15, 0.2) is 18.2 Å². The first-order valence-electron chi connectivity index (χ1n) is 7.26. The van der Waals surface area contributed by atoms with Gasteiger partial charge in [-0.25, -0.2) is 0 Å². The van der Waals surface area contributed by atoms with E-state index in [-0.39, 0.29) is 12.2 Å². The molecule has 0 aliphatic heterocycles. The lowest BCUT2D eigenvalue weighted by Gasteiger charge is -2.18. The fourth-order valence-electron chi connectivity index (χ4n) is 1.90. The molecule has 0 radical (unpaired) electrons. The summed E-state index contributed by atoms with van der Waals surface area (Å²) in [4.78, 5) is 0. The van der Waals surface area contributed by atoms with Crippen LogP contribution < -0.4 is 14.8 Å². The SMILES string of the molecule is CC(C)Oc1ccc(NCC2CC2)cc1OC(C)C. The van der Waals surface area contributed by atoms with E-state index in [1.807, 2.05) is 39.8 Å². The highest BCUT2D eigenvalue weighted by Gasteiger charge is 2.20. The molecule has 3 nitrogen and oxygen atoms in total. The quantitative estimate of drug-likeness (QED) is 0.804. The van der Waals surface area contributed by atoms with Gasteiger partial charge in [0.15, 0.2) is 11.5 Å². The minimum absolute atomic E-state index is 0.146. The van der Waals surface area contributed by atoms with E-state index in [9.17, 15) is 0 Å². The van der Waals surface area contributed by atoms with Crippen LogP contribution in [0.3, 0.4) is 0 Å². The molecule has 0 atom stereocenters. The Morgan fingerprint density at radius 3 is 2.26 bits per heavy atom. The topological polar surface area (TPSA) is 30.5 Å². The van der Waals surface area contributed by atoms with Crippen LogP contribution in [0.5, 0.6) is 11.5 Å². The van der Waals surface area contributed by atoms with E-state index in [1.54, 1.807) is 0 Å². The van der Waals surface area contributed by atoms with Crippen molar-refractivity contribution in [1.82, 2.24) is 0 Å². The Kier molecular flexibility index (Phi) is 4.56. The standard InChI is InChI=1S/C16H25NO2/c1-11(2)18-15-8-7-14(17-10-13-5-6-13)9-16(15)19-12(3)4/h7-9,11-13,17H,5-6,10H2,1-4H3. The van der Waals surface area contributed by atoms with Gasteiger partial charge in [-0.1, -0.05) is 0 Å². The molecule has 0 unspecified atom stereocenters. The van der Waals surface area contributed by atoms with Gasteiger partial charge in [0.2, 0.25) is 0 Å². The Morgan fingerprint density at radius 2 is 1.68 bits per heavy atom. The van der Waals surface area contributed by atoms with Gasteiger partial charge in [-0.15, -0.1) is 0 Å². The normalized spacial score (nSPS) is 14.8. The minimum Gasteiger partial charge on any atom is -0.487 e. The van der Waals surface area contributed by atoms with Crippen LogP contribution in [0, 0.1) is 5.92 Å². The molecule has 0 aromatic heterocycles. The van der Waals surface area contributed by atoms with E-state index in [0.717, 1.165) is 29.6 Å². The molecule has 1 aliphatic carbocycles. The van der Waals surface area contributed by atoms with Crippen LogP contribution >= 0.6 is 0 Å². The predicted octanol–water partition coefficient (Wildman–Crippen LogP) is 4.08. The molecule has 1 aliphatic rings. The molecule has 0 saturated heterocycles. The van der Waals surface area contributed by atoms with Crippen molar-refractivity contribution in [3.05, 3.63) is 18.2 Å². The van der Waals surface area contributed by atoms with Gasteiger partial charge in [-0.3, -0.25) is 0 Å². The second kappa shape index (κ2) is 6.18. The molecule has 1 saturated carbocycles. The third-order valence-electron chi connectivity index (χ3n) is 2.96. The molecule has 3 heteroatoms. The third kappa shape index (κ3) is 4.66. The van der Waals surface area contributed by atoms with E-state index >= 15 is 0 Å². The van der Waals surface area contributed by atoms with Crippen LogP contribution in [0.25, 0.3) is 0 Å². The average Bonchev–Trinajstić information content (AvgIpc) is 3.12. The van der Waals surface area contributed by atoms with Gasteiger partial charge >= 0.3 is 0 Å². The summed E-state index contributed by atoms with van der Waals surface area (Å²) >= 11 is 0. The highest BCUT2D eigenvalue weighted by atomic mass is 16.5. The Hall–Kier alpha value is -1.38. The molecule has 19 heavy (non-hydrogen) atoms. The maximum absolute atomic E-state index is 5.84. The summed E-state index contributed by atoms with van der Waals surface area (Å²) in [6, 6.07) is 6.10. The summed E-state index contributed by atoms with van der Waals surface area (Å²) in [5, 5.41) is 3.47. The van der Waals surface area contributed by atoms with Gasteiger partial charge in [0.25, 0.3) is 0 Å². The zero-order valence-electron chi connectivity index (χ0n) is 12.4. The van der Waals surface area contributed by atoms with Crippen molar-refractivity contribution in [1.29, 1.82) is 0 Å². The number of ether oxygens (including phenoxy) is 2. The van der Waals surface area contributed by atoms with Crippen LogP contribution in [-0.4, -0.2) is 18.8 Å². The first kappa shape index (κ1) is 14.0. The lowest BCUT2D eigenvalue weighted by Crippen LogP contribution is -2.11. The van der Waals surface area contributed by atoms with Crippen molar-refractivity contribution in [3.8, 4) is 11.5 Å². The van der Waals surface area contributed by atoms with Crippen molar-refractivity contribution in [3.63, 3.8) is 0 Å². The van der Waals surface area contributed by atoms with E-state index in [1.165, 1.54) is 12.8 Å². The number of nitrogens with one attached hydrogen (secondary N) is 1. The maximum Gasteiger partial charge on any atom is 0.163 e. The second-order valence-electron chi connectivity index (χ2n) is 5.82. The lowest BCUT2D eigenvalue weighted by atomic mass is 10.2. The smallest absolute Gasteiger partial charge is 0.163 e. The summed E-state index contributed by atoms with van der Waals surface area (Å²) in [5.74, 6) is 2.51. The molecule has 1 N–H and O–H groups in total. The fraction of sp³-hybridized carbons (Fsp3) is 0.625. The third-order valence-corrected chi connectivity index (χ3v) is 2.96. The molecule has 2 rings (SSSR count). The first-order chi connectivity index (χ1) is 9.04. The maximum atomic E-state index is 5.84. The van der Waals surface area contributed by atoms with Crippen LogP contribution in [-0.2, 0) is 0 Å². The molecule has 1 aromatic rings. The van der Waals surface area contributed by atoms with Gasteiger partial charge in [0.05, 0.1) is 12.2 Å². The van der Waals surface area contributed by atoms with Crippen molar-refractivity contribution in [2.75, 3.05) is 11.9 Å². The fourth-order valence-corrected chi connectivity index (χ4v) is 1.90. The number of anilines is 1. The molecule has 0 amide bonds. The predicted molar refractivity (Wildman–Crippen MR) is 79.2 cm³/mol. The number of benzene rings is 1. The van der Waals surface area contributed by atoms with Gasteiger partial charge in [-0.2, -0.15) is 0 Å². The van der Waals surface area contributed by atoms with Crippen molar-refractivity contribution in [2.45, 2.75) is 52.7 Å². The molecular weight excluding hydrogens is 238 g/mol. The van der Waals surface area contributed by atoms with Gasteiger partial charge < -0.3 is 14.8 Å². The summed E-state index contributed by atoms with van der Waals surface area (Å²) in [5.41, 5.74) is 1.11. The highest BCUT2D eigenvalue weighted by Crippen LogP contribution is 2.33. The zero-order chi connectivity index (χ0) is 13.8. The van der Waals surface area contributed by atoms with E-state index < -0.39 is 0 Å². The van der Waals surface area contributed by atoms with Crippen LogP contribution in [0.4, 0.5) is 5.69 Å². The zero-order valence-corrected chi connectivity index (χ0v) is 12.4. The van der Waals surface area contributed by atoms with Crippen LogP contribution in [0.1, 0.15) is 40.5 Å². The Morgan fingerprint density at radius 1 is 1.05 bits per heavy atom. The Balaban J connectivity index is 2.08. The summed E-state index contributed by atoms with van der Waals surface area (Å²) in [6.45, 7) is 9.18. The molecule has 106 valence electrons. The Bertz CT molecular complexity index is 411. The van der Waals surface area contributed by atoms with Gasteiger partial charge in [0, 0.05) is 18.3 Å². The second-order valence-corrected chi connectivity index (χ2v) is 5.82. The summed E-state index contributed by atoms with van der Waals surface area (Å²) in [7, 11) is 0. The molecule has 1 aromatic carbocycles. The van der Waals surface area contributed by atoms with Gasteiger partial charge in [-0.05, 0) is 58.6 Å². The minimum atomic E-state index is 0.146. The lowest BCUT2D eigenvalue weighted by molar-refractivity contribution is 0.199. The molecule has 0 heterocycles. The monoisotopic (exact) mass is 263 g/mol. The Labute approximate surface area is 116 Å². The molecular formula is C16H25NO2. The molecule has 0 spiro atoms. The van der Waals surface area contributed by atoms with Crippen LogP contribution in [0.2, 0.25) is 0 Å². The van der Waals surface area contributed by atoms with Crippen molar-refractivity contribution >= 4 is 5.69 Å². The number of hydrogen-bond donors (Lipinski definition) is 1. The van der Waals surface area contributed by atoms with E-state index in [4.69, 9.17) is 9.47 Å².